The van der Waals surface area contributed by atoms with Gasteiger partial charge in [0.25, 0.3) is 0 Å². The van der Waals surface area contributed by atoms with Gasteiger partial charge in [-0.1, -0.05) is 0 Å². The highest BCUT2D eigenvalue weighted by Crippen LogP contribution is 2.26. The van der Waals surface area contributed by atoms with E-state index in [0.29, 0.717) is 43.6 Å². The molecule has 1 aliphatic heterocycles. The minimum atomic E-state index is -3.44. The zero-order chi connectivity index (χ0) is 16.7. The van der Waals surface area contributed by atoms with Crippen molar-refractivity contribution in [3.8, 4) is 5.75 Å². The summed E-state index contributed by atoms with van der Waals surface area (Å²) in [5.74, 6) is 0.650. The van der Waals surface area contributed by atoms with Crippen molar-refractivity contribution in [3.05, 3.63) is 24.3 Å². The summed E-state index contributed by atoms with van der Waals surface area (Å²) >= 11 is 0. The van der Waals surface area contributed by atoms with Crippen LogP contribution in [0.3, 0.4) is 0 Å². The Morgan fingerprint density at radius 1 is 1.25 bits per heavy atom. The molecule has 0 bridgehead atoms. The van der Waals surface area contributed by atoms with Crippen molar-refractivity contribution in [2.45, 2.75) is 30.7 Å². The van der Waals surface area contributed by atoms with Gasteiger partial charge in [0.05, 0.1) is 11.5 Å². The fourth-order valence-electron chi connectivity index (χ4n) is 2.77. The summed E-state index contributed by atoms with van der Waals surface area (Å²) < 4.78 is 37.9. The first-order valence-corrected chi connectivity index (χ1v) is 9.50. The van der Waals surface area contributed by atoms with Gasteiger partial charge in [-0.05, 0) is 51.1 Å². The van der Waals surface area contributed by atoms with Crippen LogP contribution in [0.2, 0.25) is 0 Å². The predicted octanol–water partition coefficient (Wildman–Crippen LogP) is 1.90. The lowest BCUT2D eigenvalue weighted by atomic mass is 10.2. The summed E-state index contributed by atoms with van der Waals surface area (Å²) in [5.41, 5.74) is 0. The van der Waals surface area contributed by atoms with Crippen LogP contribution in [0.4, 0.5) is 0 Å². The zero-order valence-corrected chi connectivity index (χ0v) is 15.9. The normalized spacial score (nSPS) is 18.3. The lowest BCUT2D eigenvalue weighted by Gasteiger charge is -2.24. The molecule has 0 aliphatic carbocycles. The molecular weight excluding hydrogens is 352 g/mol. The summed E-state index contributed by atoms with van der Waals surface area (Å²) in [7, 11) is -1.60. The first-order valence-electron chi connectivity index (χ1n) is 8.06. The summed E-state index contributed by atoms with van der Waals surface area (Å²) in [6.07, 6.45) is 1.81. The second-order valence-electron chi connectivity index (χ2n) is 5.49. The molecule has 1 aromatic rings. The van der Waals surface area contributed by atoms with E-state index < -0.39 is 10.0 Å². The van der Waals surface area contributed by atoms with Gasteiger partial charge < -0.3 is 14.8 Å². The van der Waals surface area contributed by atoms with Crippen molar-refractivity contribution in [3.63, 3.8) is 0 Å². The highest BCUT2D eigenvalue weighted by Gasteiger charge is 2.34. The van der Waals surface area contributed by atoms with Crippen LogP contribution in [0, 0.1) is 0 Å². The summed E-state index contributed by atoms with van der Waals surface area (Å²) in [5, 5.41) is 3.07. The van der Waals surface area contributed by atoms with Crippen molar-refractivity contribution in [2.75, 3.05) is 40.0 Å². The van der Waals surface area contributed by atoms with Crippen molar-refractivity contribution in [1.82, 2.24) is 9.62 Å². The van der Waals surface area contributed by atoms with Crippen LogP contribution in [0.1, 0.15) is 19.8 Å². The van der Waals surface area contributed by atoms with E-state index in [1.807, 2.05) is 14.0 Å². The number of halogens is 1. The Labute approximate surface area is 151 Å². The first-order chi connectivity index (χ1) is 11.1. The molecule has 24 heavy (non-hydrogen) atoms. The van der Waals surface area contributed by atoms with Crippen LogP contribution in [-0.2, 0) is 14.8 Å². The fraction of sp³-hybridized carbons (Fsp3) is 0.625. The molecular formula is C16H27ClN2O4S. The summed E-state index contributed by atoms with van der Waals surface area (Å²) in [4.78, 5) is 0.317. The third-order valence-corrected chi connectivity index (χ3v) is 5.86. The third-order valence-electron chi connectivity index (χ3n) is 3.89. The van der Waals surface area contributed by atoms with E-state index in [-0.39, 0.29) is 18.4 Å². The molecule has 1 unspecified atom stereocenters. The van der Waals surface area contributed by atoms with Crippen LogP contribution in [0.25, 0.3) is 0 Å². The van der Waals surface area contributed by atoms with E-state index in [4.69, 9.17) is 9.47 Å². The fourth-order valence-corrected chi connectivity index (χ4v) is 4.46. The number of benzene rings is 1. The standard InChI is InChI=1S/C16H26N2O4S.ClH/c1-3-21-11-12-22-15-6-8-16(9-7-15)23(19,20)18-10-4-5-14(18)13-17-2;/h6-9,14,17H,3-5,10-13H2,1-2H3;1H. The number of hydrogen-bond donors (Lipinski definition) is 1. The number of ether oxygens (including phenoxy) is 2. The molecule has 1 N–H and O–H groups in total. The average Bonchev–Trinajstić information content (AvgIpc) is 3.02. The number of likely N-dealkylation sites (N-methyl/N-ethyl adjacent to an activating group) is 1. The molecule has 1 saturated heterocycles. The highest BCUT2D eigenvalue weighted by molar-refractivity contribution is 7.89. The molecule has 1 heterocycles. The average molecular weight is 379 g/mol. The van der Waals surface area contributed by atoms with Crippen LogP contribution in [0.5, 0.6) is 5.75 Å². The maximum Gasteiger partial charge on any atom is 0.243 e. The maximum atomic E-state index is 12.8. The predicted molar refractivity (Wildman–Crippen MR) is 96.5 cm³/mol. The van der Waals surface area contributed by atoms with Gasteiger partial charge in [-0.25, -0.2) is 8.42 Å². The smallest absolute Gasteiger partial charge is 0.243 e. The van der Waals surface area contributed by atoms with Gasteiger partial charge in [-0.15, -0.1) is 12.4 Å². The number of sulfonamides is 1. The Kier molecular flexibility index (Phi) is 9.01. The number of nitrogens with one attached hydrogen (secondary N) is 1. The van der Waals surface area contributed by atoms with Crippen molar-refractivity contribution in [2.24, 2.45) is 0 Å². The molecule has 1 aromatic carbocycles. The van der Waals surface area contributed by atoms with Gasteiger partial charge in [0, 0.05) is 25.7 Å². The van der Waals surface area contributed by atoms with Gasteiger partial charge >= 0.3 is 0 Å². The molecule has 0 spiro atoms. The van der Waals surface area contributed by atoms with Crippen molar-refractivity contribution in [1.29, 1.82) is 0 Å². The lowest BCUT2D eigenvalue weighted by Crippen LogP contribution is -2.40. The molecule has 1 atom stereocenters. The topological polar surface area (TPSA) is 67.9 Å². The van der Waals surface area contributed by atoms with Gasteiger partial charge in [0.1, 0.15) is 12.4 Å². The lowest BCUT2D eigenvalue weighted by molar-refractivity contribution is 0.110. The number of hydrogen-bond acceptors (Lipinski definition) is 5. The Morgan fingerprint density at radius 2 is 1.96 bits per heavy atom. The maximum absolute atomic E-state index is 12.8. The van der Waals surface area contributed by atoms with E-state index in [2.05, 4.69) is 5.32 Å². The van der Waals surface area contributed by atoms with Crippen LogP contribution < -0.4 is 10.1 Å². The van der Waals surface area contributed by atoms with E-state index in [1.54, 1.807) is 28.6 Å². The molecule has 0 aromatic heterocycles. The van der Waals surface area contributed by atoms with Gasteiger partial charge in [-0.2, -0.15) is 4.31 Å². The van der Waals surface area contributed by atoms with Gasteiger partial charge in [0.2, 0.25) is 10.0 Å². The minimum absolute atomic E-state index is 0. The van der Waals surface area contributed by atoms with Crippen LogP contribution >= 0.6 is 12.4 Å². The zero-order valence-electron chi connectivity index (χ0n) is 14.2. The van der Waals surface area contributed by atoms with E-state index in [0.717, 1.165) is 12.8 Å². The molecule has 0 saturated carbocycles. The van der Waals surface area contributed by atoms with Crippen molar-refractivity contribution >= 4 is 22.4 Å². The molecule has 0 amide bonds. The number of rotatable bonds is 9. The number of nitrogens with zero attached hydrogens (tertiary/aromatic N) is 1. The Morgan fingerprint density at radius 3 is 2.58 bits per heavy atom. The molecule has 2 rings (SSSR count). The monoisotopic (exact) mass is 378 g/mol. The second-order valence-corrected chi connectivity index (χ2v) is 7.38. The second kappa shape index (κ2) is 10.2. The van der Waals surface area contributed by atoms with E-state index in [9.17, 15) is 8.42 Å². The molecule has 1 aliphatic rings. The van der Waals surface area contributed by atoms with Crippen LogP contribution in [0.15, 0.2) is 29.2 Å². The van der Waals surface area contributed by atoms with Gasteiger partial charge in [0.15, 0.2) is 0 Å². The molecule has 138 valence electrons. The summed E-state index contributed by atoms with van der Waals surface area (Å²) in [6.45, 7) is 4.83. The Hall–Kier alpha value is -0.860. The Bertz CT molecular complexity index is 580. The van der Waals surface area contributed by atoms with E-state index >= 15 is 0 Å². The highest BCUT2D eigenvalue weighted by atomic mass is 35.5. The molecule has 6 nitrogen and oxygen atoms in total. The first kappa shape index (κ1) is 21.2. The quantitative estimate of drug-likeness (QED) is 0.665. The minimum Gasteiger partial charge on any atom is -0.491 e. The molecule has 0 radical (unpaired) electrons. The van der Waals surface area contributed by atoms with E-state index in [1.165, 1.54) is 0 Å². The SMILES string of the molecule is CCOCCOc1ccc(S(=O)(=O)N2CCCC2CNC)cc1.Cl. The Balaban J connectivity index is 0.00000288. The van der Waals surface area contributed by atoms with Crippen LogP contribution in [-0.4, -0.2) is 58.7 Å². The van der Waals surface area contributed by atoms with Gasteiger partial charge in [-0.3, -0.25) is 0 Å². The largest absolute Gasteiger partial charge is 0.491 e. The van der Waals surface area contributed by atoms with Crippen molar-refractivity contribution < 1.29 is 17.9 Å². The summed E-state index contributed by atoms with van der Waals surface area (Å²) in [6, 6.07) is 6.65. The third kappa shape index (κ3) is 5.32. The molecule has 1 fully saturated rings. The molecule has 8 heteroatoms.